The van der Waals surface area contributed by atoms with E-state index < -0.39 is 0 Å². The number of likely N-dealkylation sites (tertiary alicyclic amines) is 1. The van der Waals surface area contributed by atoms with Crippen molar-refractivity contribution in [1.82, 2.24) is 9.80 Å². The second-order valence-corrected chi connectivity index (χ2v) is 8.76. The lowest BCUT2D eigenvalue weighted by Crippen LogP contribution is -2.43. The molecule has 0 aliphatic carbocycles. The van der Waals surface area contributed by atoms with Crippen LogP contribution in [-0.2, 0) is 16.0 Å². The number of carbonyl (C=O) groups is 2. The molecule has 2 aliphatic rings. The van der Waals surface area contributed by atoms with Gasteiger partial charge in [0.1, 0.15) is 5.70 Å². The minimum Gasteiger partial charge on any atom is -0.366 e. The monoisotopic (exact) mass is 409 g/mol. The standard InChI is InChI=1S/C23H27N3O2S/c1-4-16-7-9-18(10-8-16)26-22(27)20(19-6-5-15-29-19)21(23(26)28)25(3)17-11-13-24(2)14-12-17/h5-10,15,17H,4,11-14H2,1-3H3. The minimum atomic E-state index is -0.225. The zero-order valence-electron chi connectivity index (χ0n) is 17.2. The van der Waals surface area contributed by atoms with E-state index in [1.54, 1.807) is 0 Å². The molecule has 29 heavy (non-hydrogen) atoms. The SMILES string of the molecule is CCc1ccc(N2C(=O)C(c3cccs3)=C(N(C)C3CCN(C)CC3)C2=O)cc1. The lowest BCUT2D eigenvalue weighted by molar-refractivity contribution is -0.120. The van der Waals surface area contributed by atoms with E-state index in [1.807, 2.05) is 48.8 Å². The number of likely N-dealkylation sites (N-methyl/N-ethyl adjacent to an activating group) is 1. The average Bonchev–Trinajstić information content (AvgIpc) is 3.34. The van der Waals surface area contributed by atoms with Crippen molar-refractivity contribution in [2.24, 2.45) is 0 Å². The van der Waals surface area contributed by atoms with Gasteiger partial charge in [-0.1, -0.05) is 25.1 Å². The summed E-state index contributed by atoms with van der Waals surface area (Å²) in [6.45, 7) is 4.09. The number of anilines is 1. The molecule has 0 unspecified atom stereocenters. The molecule has 1 saturated heterocycles. The molecule has 2 amide bonds. The number of amides is 2. The summed E-state index contributed by atoms with van der Waals surface area (Å²) >= 11 is 1.50. The van der Waals surface area contributed by atoms with Crippen LogP contribution in [0.25, 0.3) is 5.57 Å². The van der Waals surface area contributed by atoms with E-state index in [0.29, 0.717) is 17.0 Å². The average molecular weight is 410 g/mol. The van der Waals surface area contributed by atoms with Crippen molar-refractivity contribution in [3.8, 4) is 0 Å². The van der Waals surface area contributed by atoms with Crippen LogP contribution in [0.2, 0.25) is 0 Å². The van der Waals surface area contributed by atoms with E-state index in [1.165, 1.54) is 21.8 Å². The van der Waals surface area contributed by atoms with Crippen LogP contribution in [0.5, 0.6) is 0 Å². The summed E-state index contributed by atoms with van der Waals surface area (Å²) in [5.41, 5.74) is 2.89. The quantitative estimate of drug-likeness (QED) is 0.708. The van der Waals surface area contributed by atoms with Gasteiger partial charge in [-0.15, -0.1) is 11.3 Å². The molecule has 0 bridgehead atoms. The molecule has 0 N–H and O–H groups in total. The van der Waals surface area contributed by atoms with Crippen LogP contribution < -0.4 is 4.90 Å². The maximum absolute atomic E-state index is 13.5. The van der Waals surface area contributed by atoms with Gasteiger partial charge in [0.15, 0.2) is 0 Å². The van der Waals surface area contributed by atoms with E-state index >= 15 is 0 Å². The third kappa shape index (κ3) is 3.63. The minimum absolute atomic E-state index is 0.218. The summed E-state index contributed by atoms with van der Waals surface area (Å²) in [5, 5.41) is 1.95. The Morgan fingerprint density at radius 2 is 1.76 bits per heavy atom. The highest BCUT2D eigenvalue weighted by Gasteiger charge is 2.43. The summed E-state index contributed by atoms with van der Waals surface area (Å²) in [6.07, 6.45) is 2.90. The molecule has 0 atom stereocenters. The first-order valence-corrected chi connectivity index (χ1v) is 11.1. The fraction of sp³-hybridized carbons (Fsp3) is 0.391. The number of thiophene rings is 1. The number of piperidine rings is 1. The van der Waals surface area contributed by atoms with Gasteiger partial charge in [0, 0.05) is 18.0 Å². The highest BCUT2D eigenvalue weighted by atomic mass is 32.1. The van der Waals surface area contributed by atoms with Gasteiger partial charge in [0.2, 0.25) is 0 Å². The first kappa shape index (κ1) is 19.9. The van der Waals surface area contributed by atoms with E-state index in [-0.39, 0.29) is 17.9 Å². The molecular weight excluding hydrogens is 382 g/mol. The molecule has 1 aromatic heterocycles. The summed E-state index contributed by atoms with van der Waals surface area (Å²) in [7, 11) is 4.09. The van der Waals surface area contributed by atoms with Gasteiger partial charge in [0.25, 0.3) is 11.8 Å². The number of hydrogen-bond acceptors (Lipinski definition) is 5. The van der Waals surface area contributed by atoms with Crippen molar-refractivity contribution in [3.63, 3.8) is 0 Å². The van der Waals surface area contributed by atoms with E-state index in [4.69, 9.17) is 0 Å². The molecule has 1 aromatic carbocycles. The number of carbonyl (C=O) groups excluding carboxylic acids is 2. The third-order valence-electron chi connectivity index (χ3n) is 6.02. The molecule has 0 spiro atoms. The van der Waals surface area contributed by atoms with Gasteiger partial charge >= 0.3 is 0 Å². The molecule has 0 radical (unpaired) electrons. The highest BCUT2D eigenvalue weighted by molar-refractivity contribution is 7.11. The predicted molar refractivity (Wildman–Crippen MR) is 118 cm³/mol. The van der Waals surface area contributed by atoms with Crippen LogP contribution in [0.15, 0.2) is 47.5 Å². The van der Waals surface area contributed by atoms with E-state index in [9.17, 15) is 9.59 Å². The Hall–Kier alpha value is -2.44. The zero-order valence-corrected chi connectivity index (χ0v) is 18.0. The normalized spacial score (nSPS) is 18.8. The van der Waals surface area contributed by atoms with E-state index in [0.717, 1.165) is 37.2 Å². The molecule has 152 valence electrons. The molecule has 6 heteroatoms. The van der Waals surface area contributed by atoms with Crippen LogP contribution in [0.1, 0.15) is 30.2 Å². The highest BCUT2D eigenvalue weighted by Crippen LogP contribution is 2.37. The Balaban J connectivity index is 1.72. The van der Waals surface area contributed by atoms with Gasteiger partial charge in [-0.3, -0.25) is 9.59 Å². The van der Waals surface area contributed by atoms with Crippen molar-refractivity contribution in [3.05, 3.63) is 57.9 Å². The molecule has 0 saturated carbocycles. The Morgan fingerprint density at radius 1 is 1.07 bits per heavy atom. The smallest absolute Gasteiger partial charge is 0.282 e. The van der Waals surface area contributed by atoms with Crippen molar-refractivity contribution < 1.29 is 9.59 Å². The largest absolute Gasteiger partial charge is 0.366 e. The second kappa shape index (κ2) is 8.13. The van der Waals surface area contributed by atoms with Crippen LogP contribution in [0.4, 0.5) is 5.69 Å². The molecule has 2 aromatic rings. The van der Waals surface area contributed by atoms with E-state index in [2.05, 4.69) is 23.8 Å². The van der Waals surface area contributed by atoms with Gasteiger partial charge in [-0.05, 0) is 68.5 Å². The summed E-state index contributed by atoms with van der Waals surface area (Å²) < 4.78 is 0. The number of aryl methyl sites for hydroxylation is 1. The van der Waals surface area contributed by atoms with Gasteiger partial charge in [-0.25, -0.2) is 4.90 Å². The predicted octanol–water partition coefficient (Wildman–Crippen LogP) is 3.62. The fourth-order valence-electron chi connectivity index (χ4n) is 4.17. The number of imide groups is 1. The van der Waals surface area contributed by atoms with Crippen molar-refractivity contribution >= 4 is 34.4 Å². The maximum Gasteiger partial charge on any atom is 0.282 e. The number of rotatable bonds is 5. The van der Waals surface area contributed by atoms with Crippen molar-refractivity contribution in [1.29, 1.82) is 0 Å². The first-order valence-electron chi connectivity index (χ1n) is 10.2. The Morgan fingerprint density at radius 3 is 2.34 bits per heavy atom. The second-order valence-electron chi connectivity index (χ2n) is 7.81. The van der Waals surface area contributed by atoms with Gasteiger partial charge in [-0.2, -0.15) is 0 Å². The van der Waals surface area contributed by atoms with Crippen LogP contribution in [0, 0.1) is 0 Å². The molecule has 2 aliphatic heterocycles. The zero-order chi connectivity index (χ0) is 20.5. The van der Waals surface area contributed by atoms with Crippen LogP contribution in [0.3, 0.4) is 0 Å². The Kier molecular flexibility index (Phi) is 5.56. The topological polar surface area (TPSA) is 43.9 Å². The summed E-state index contributed by atoms with van der Waals surface area (Å²) in [6, 6.07) is 11.8. The van der Waals surface area contributed by atoms with Gasteiger partial charge in [0.05, 0.1) is 11.3 Å². The summed E-state index contributed by atoms with van der Waals surface area (Å²) in [5.74, 6) is -0.444. The third-order valence-corrected chi connectivity index (χ3v) is 6.91. The van der Waals surface area contributed by atoms with Crippen molar-refractivity contribution in [2.75, 3.05) is 32.1 Å². The molecule has 5 nitrogen and oxygen atoms in total. The molecule has 4 rings (SSSR count). The lowest BCUT2D eigenvalue weighted by Gasteiger charge is -2.36. The number of nitrogens with zero attached hydrogens (tertiary/aromatic N) is 3. The van der Waals surface area contributed by atoms with Gasteiger partial charge < -0.3 is 9.80 Å². The van der Waals surface area contributed by atoms with Crippen LogP contribution in [-0.4, -0.2) is 54.8 Å². The van der Waals surface area contributed by atoms with Crippen molar-refractivity contribution in [2.45, 2.75) is 32.2 Å². The molecular formula is C23H27N3O2S. The number of benzene rings is 1. The Bertz CT molecular complexity index is 926. The molecule has 3 heterocycles. The summed E-state index contributed by atoms with van der Waals surface area (Å²) in [4.78, 5) is 33.5. The Labute approximate surface area is 176 Å². The van der Waals surface area contributed by atoms with Crippen LogP contribution >= 0.6 is 11.3 Å². The molecule has 1 fully saturated rings. The lowest BCUT2D eigenvalue weighted by atomic mass is 10.0. The first-order chi connectivity index (χ1) is 14.0. The number of hydrogen-bond donors (Lipinski definition) is 0. The maximum atomic E-state index is 13.5. The fourth-order valence-corrected chi connectivity index (χ4v) is 4.93.